The van der Waals surface area contributed by atoms with Gasteiger partial charge in [0.2, 0.25) is 0 Å². The molecule has 160 valence electrons. The average Bonchev–Trinajstić information content (AvgIpc) is 3.28. The van der Waals surface area contributed by atoms with Crippen molar-refractivity contribution in [3.63, 3.8) is 0 Å². The summed E-state index contributed by atoms with van der Waals surface area (Å²) in [5.74, 6) is -2.15. The lowest BCUT2D eigenvalue weighted by Gasteiger charge is -2.31. The summed E-state index contributed by atoms with van der Waals surface area (Å²) < 4.78 is 36.7. The highest BCUT2D eigenvalue weighted by Gasteiger charge is 2.30. The molecular weight excluding hydrogens is 406 g/mol. The van der Waals surface area contributed by atoms with Gasteiger partial charge in [0, 0.05) is 36.7 Å². The highest BCUT2D eigenvalue weighted by atomic mass is 19.2. The third-order valence-electron chi connectivity index (χ3n) is 5.19. The van der Waals surface area contributed by atoms with Crippen molar-refractivity contribution in [3.05, 3.63) is 83.2 Å². The molecule has 4 rings (SSSR count). The summed E-state index contributed by atoms with van der Waals surface area (Å²) in [5.41, 5.74) is 0.747. The van der Waals surface area contributed by atoms with Crippen LogP contribution in [0.4, 0.5) is 8.78 Å². The van der Waals surface area contributed by atoms with E-state index in [1.54, 1.807) is 17.0 Å². The van der Waals surface area contributed by atoms with Gasteiger partial charge in [-0.15, -0.1) is 0 Å². The fourth-order valence-electron chi connectivity index (χ4n) is 3.58. The molecule has 0 N–H and O–H groups in total. The molecule has 0 spiro atoms. The van der Waals surface area contributed by atoms with Gasteiger partial charge in [-0.25, -0.2) is 8.78 Å². The van der Waals surface area contributed by atoms with Gasteiger partial charge in [0.25, 0.3) is 5.91 Å². The second kappa shape index (κ2) is 9.07. The van der Waals surface area contributed by atoms with Gasteiger partial charge < -0.3 is 14.2 Å². The van der Waals surface area contributed by atoms with E-state index in [-0.39, 0.29) is 41.4 Å². The summed E-state index contributed by atoms with van der Waals surface area (Å²) in [6, 6.07) is 13.7. The predicted molar refractivity (Wildman–Crippen MR) is 107 cm³/mol. The van der Waals surface area contributed by atoms with Crippen LogP contribution >= 0.6 is 0 Å². The molecule has 2 aromatic carbocycles. The molecule has 0 aliphatic carbocycles. The molecule has 1 aromatic heterocycles. The Morgan fingerprint density at radius 1 is 1.10 bits per heavy atom. The molecule has 8 heteroatoms. The Morgan fingerprint density at radius 2 is 1.90 bits per heavy atom. The van der Waals surface area contributed by atoms with Gasteiger partial charge in [0.15, 0.2) is 28.9 Å². The number of amides is 1. The summed E-state index contributed by atoms with van der Waals surface area (Å²) in [5, 5.41) is 3.80. The van der Waals surface area contributed by atoms with E-state index >= 15 is 0 Å². The molecule has 6 nitrogen and oxygen atoms in total. The first-order chi connectivity index (χ1) is 15.0. The van der Waals surface area contributed by atoms with Gasteiger partial charge in [0.1, 0.15) is 12.4 Å². The van der Waals surface area contributed by atoms with Crippen LogP contribution in [0.3, 0.4) is 0 Å². The summed E-state index contributed by atoms with van der Waals surface area (Å²) in [6.07, 6.45) is 1.45. The first kappa shape index (κ1) is 20.7. The number of ether oxygens (including phenoxy) is 1. The van der Waals surface area contributed by atoms with Crippen LogP contribution in [0.15, 0.2) is 59.1 Å². The zero-order chi connectivity index (χ0) is 21.8. The van der Waals surface area contributed by atoms with Crippen molar-refractivity contribution in [3.8, 4) is 5.75 Å². The van der Waals surface area contributed by atoms with Gasteiger partial charge in [0.05, 0.1) is 0 Å². The third-order valence-corrected chi connectivity index (χ3v) is 5.19. The van der Waals surface area contributed by atoms with Gasteiger partial charge in [-0.2, -0.15) is 0 Å². The maximum atomic E-state index is 13.3. The van der Waals surface area contributed by atoms with E-state index in [1.165, 1.54) is 12.1 Å². The van der Waals surface area contributed by atoms with Crippen LogP contribution in [0.25, 0.3) is 0 Å². The van der Waals surface area contributed by atoms with Crippen molar-refractivity contribution in [2.75, 3.05) is 13.1 Å². The molecule has 0 saturated carbocycles. The number of Topliss-reactive ketones (excluding diaryl/α,β-unsaturated/α-hetero) is 1. The van der Waals surface area contributed by atoms with E-state index < -0.39 is 11.6 Å². The van der Waals surface area contributed by atoms with Crippen LogP contribution < -0.4 is 4.74 Å². The molecule has 1 saturated heterocycles. The minimum absolute atomic E-state index is 0.0267. The second-order valence-corrected chi connectivity index (χ2v) is 7.36. The number of carbonyl (C=O) groups is 2. The predicted octanol–water partition coefficient (Wildman–Crippen LogP) is 4.27. The largest absolute Gasteiger partial charge is 0.485 e. The molecule has 3 aromatic rings. The molecule has 31 heavy (non-hydrogen) atoms. The molecule has 0 radical (unpaired) electrons. The minimum atomic E-state index is -1.02. The molecule has 1 atom stereocenters. The van der Waals surface area contributed by atoms with Gasteiger partial charge >= 0.3 is 0 Å². The zero-order valence-corrected chi connectivity index (χ0v) is 16.6. The smallest absolute Gasteiger partial charge is 0.276 e. The van der Waals surface area contributed by atoms with E-state index in [0.717, 1.165) is 25.0 Å². The maximum Gasteiger partial charge on any atom is 0.276 e. The molecule has 1 fully saturated rings. The zero-order valence-electron chi connectivity index (χ0n) is 16.6. The fraction of sp³-hybridized carbons (Fsp3) is 0.261. The van der Waals surface area contributed by atoms with Gasteiger partial charge in [-0.3, -0.25) is 9.59 Å². The van der Waals surface area contributed by atoms with Crippen molar-refractivity contribution in [2.45, 2.75) is 19.4 Å². The number of hydrogen-bond acceptors (Lipinski definition) is 5. The number of aromatic nitrogens is 1. The highest BCUT2D eigenvalue weighted by molar-refractivity contribution is 5.99. The van der Waals surface area contributed by atoms with Crippen LogP contribution in [0.5, 0.6) is 5.75 Å². The lowest BCUT2D eigenvalue weighted by molar-refractivity contribution is 0.0628. The first-order valence-corrected chi connectivity index (χ1v) is 9.93. The Labute approximate surface area is 177 Å². The average molecular weight is 426 g/mol. The van der Waals surface area contributed by atoms with Gasteiger partial charge in [-0.1, -0.05) is 35.5 Å². The molecule has 2 heterocycles. The van der Waals surface area contributed by atoms with Crippen molar-refractivity contribution in [1.29, 1.82) is 0 Å². The molecule has 1 amide bonds. The van der Waals surface area contributed by atoms with E-state index in [0.29, 0.717) is 18.7 Å². The monoisotopic (exact) mass is 426 g/mol. The Morgan fingerprint density at radius 3 is 2.68 bits per heavy atom. The number of ketones is 1. The van der Waals surface area contributed by atoms with Crippen LogP contribution in [-0.4, -0.2) is 34.8 Å². The number of hydrogen-bond donors (Lipinski definition) is 0. The number of likely N-dealkylation sites (tertiary alicyclic amines) is 1. The summed E-state index contributed by atoms with van der Waals surface area (Å²) >= 11 is 0. The first-order valence-electron chi connectivity index (χ1n) is 9.93. The lowest BCUT2D eigenvalue weighted by Crippen LogP contribution is -2.42. The fourth-order valence-corrected chi connectivity index (χ4v) is 3.58. The topological polar surface area (TPSA) is 72.6 Å². The molecule has 1 aliphatic rings. The SMILES string of the molecule is O=C(c1ccccc1)[C@@H]1CCCN(C(=O)c2cc(COc3ccc(F)c(F)c3)on2)C1. The maximum absolute atomic E-state index is 13.3. The third kappa shape index (κ3) is 4.79. The molecule has 1 aliphatic heterocycles. The van der Waals surface area contributed by atoms with Crippen molar-refractivity contribution in [1.82, 2.24) is 10.1 Å². The standard InChI is InChI=1S/C23H20F2N2O4/c24-19-9-8-17(11-20(19)25)30-14-18-12-21(26-31-18)23(29)27-10-4-7-16(13-27)22(28)15-5-2-1-3-6-15/h1-3,5-6,8-9,11-12,16H,4,7,10,13-14H2/t16-/m1/s1. The number of carbonyl (C=O) groups excluding carboxylic acids is 2. The molecular formula is C23H20F2N2O4. The Bertz CT molecular complexity index is 1080. The number of nitrogens with zero attached hydrogens (tertiary/aromatic N) is 2. The number of halogens is 2. The van der Waals surface area contributed by atoms with E-state index in [9.17, 15) is 18.4 Å². The van der Waals surface area contributed by atoms with Gasteiger partial charge in [-0.05, 0) is 25.0 Å². The Kier molecular flexibility index (Phi) is 6.06. The van der Waals surface area contributed by atoms with Crippen LogP contribution in [0, 0.1) is 17.6 Å². The van der Waals surface area contributed by atoms with Crippen LogP contribution in [0.2, 0.25) is 0 Å². The summed E-state index contributed by atoms with van der Waals surface area (Å²) in [7, 11) is 0. The summed E-state index contributed by atoms with van der Waals surface area (Å²) in [4.78, 5) is 27.2. The second-order valence-electron chi connectivity index (χ2n) is 7.36. The van der Waals surface area contributed by atoms with E-state index in [2.05, 4.69) is 5.16 Å². The normalized spacial score (nSPS) is 16.2. The van der Waals surface area contributed by atoms with Crippen LogP contribution in [0.1, 0.15) is 39.4 Å². The summed E-state index contributed by atoms with van der Waals surface area (Å²) in [6.45, 7) is 0.755. The van der Waals surface area contributed by atoms with E-state index in [4.69, 9.17) is 9.26 Å². The Balaban J connectivity index is 1.37. The van der Waals surface area contributed by atoms with Crippen molar-refractivity contribution in [2.24, 2.45) is 5.92 Å². The number of piperidine rings is 1. The van der Waals surface area contributed by atoms with Crippen molar-refractivity contribution >= 4 is 11.7 Å². The minimum Gasteiger partial charge on any atom is -0.485 e. The lowest BCUT2D eigenvalue weighted by atomic mass is 9.90. The van der Waals surface area contributed by atoms with Crippen molar-refractivity contribution < 1.29 is 27.6 Å². The quantitative estimate of drug-likeness (QED) is 0.551. The Hall–Kier alpha value is -3.55. The van der Waals surface area contributed by atoms with E-state index in [1.807, 2.05) is 18.2 Å². The molecule has 0 bridgehead atoms. The molecule has 0 unspecified atom stereocenters. The van der Waals surface area contributed by atoms with Crippen LogP contribution in [-0.2, 0) is 6.61 Å². The number of rotatable bonds is 6. The highest BCUT2D eigenvalue weighted by Crippen LogP contribution is 2.23. The number of benzene rings is 2.